The van der Waals surface area contributed by atoms with Crippen molar-refractivity contribution in [2.45, 2.75) is 45.4 Å². The maximum Gasteiger partial charge on any atom is 0.232 e. The lowest BCUT2D eigenvalue weighted by Gasteiger charge is -2.12. The van der Waals surface area contributed by atoms with E-state index in [0.29, 0.717) is 23.3 Å². The first-order valence-corrected chi connectivity index (χ1v) is 9.83. The highest BCUT2D eigenvalue weighted by Gasteiger charge is 2.09. The van der Waals surface area contributed by atoms with Gasteiger partial charge in [0.05, 0.1) is 11.5 Å². The Bertz CT molecular complexity index is 722. The molecule has 1 heterocycles. The molecule has 1 aromatic carbocycles. The molecule has 0 radical (unpaired) electrons. The molecule has 4 N–H and O–H groups in total. The van der Waals surface area contributed by atoms with Gasteiger partial charge in [0.2, 0.25) is 17.8 Å². The second-order valence-corrected chi connectivity index (χ2v) is 7.16. The van der Waals surface area contributed by atoms with Crippen LogP contribution in [0.4, 0.5) is 17.6 Å². The lowest BCUT2D eigenvalue weighted by atomic mass is 10.2. The van der Waals surface area contributed by atoms with Crippen molar-refractivity contribution in [3.05, 3.63) is 35.7 Å². The second kappa shape index (κ2) is 9.96. The molecule has 2 aromatic rings. The van der Waals surface area contributed by atoms with E-state index in [2.05, 4.69) is 32.5 Å². The molecule has 7 nitrogen and oxygen atoms in total. The first kappa shape index (κ1) is 20.0. The maximum absolute atomic E-state index is 11.9. The number of nitrogen functional groups attached to an aromatic ring is 1. The van der Waals surface area contributed by atoms with E-state index in [0.717, 1.165) is 18.5 Å². The molecule has 0 aliphatic carbocycles. The summed E-state index contributed by atoms with van der Waals surface area (Å²) in [4.78, 5) is 24.5. The molecule has 0 spiro atoms. The average Bonchev–Trinajstić information content (AvgIpc) is 2.56. The van der Waals surface area contributed by atoms with Crippen LogP contribution in [0, 0.1) is 6.92 Å². The monoisotopic (exact) mass is 374 g/mol. The van der Waals surface area contributed by atoms with Gasteiger partial charge < -0.3 is 16.4 Å². The third-order valence-corrected chi connectivity index (χ3v) is 4.53. The number of carbonyl (C=O) groups excluding carboxylic acids is 1. The Morgan fingerprint density at radius 3 is 2.65 bits per heavy atom. The normalized spacial score (nSPS) is 11.8. The van der Waals surface area contributed by atoms with Gasteiger partial charge in [0.1, 0.15) is 5.82 Å². The van der Waals surface area contributed by atoms with E-state index in [1.165, 1.54) is 17.3 Å². The fraction of sp³-hybridized carbons (Fsp3) is 0.444. The summed E-state index contributed by atoms with van der Waals surface area (Å²) in [6.07, 6.45) is 2.03. The Morgan fingerprint density at radius 1 is 1.23 bits per heavy atom. The van der Waals surface area contributed by atoms with Gasteiger partial charge in [-0.3, -0.25) is 4.79 Å². The van der Waals surface area contributed by atoms with Gasteiger partial charge in [0, 0.05) is 11.7 Å². The summed E-state index contributed by atoms with van der Waals surface area (Å²) in [7, 11) is 0. The molecule has 140 valence electrons. The van der Waals surface area contributed by atoms with Gasteiger partial charge in [-0.25, -0.2) is 0 Å². The van der Waals surface area contributed by atoms with E-state index >= 15 is 0 Å². The number of hydrogen-bond donors (Lipinski definition) is 3. The van der Waals surface area contributed by atoms with Crippen LogP contribution >= 0.6 is 11.8 Å². The number of benzene rings is 1. The SMILES string of the molecule is CCC[C@H](C)NC(=O)CSCc1nc(N)nc(Nc2ccc(C)cc2)n1. The Labute approximate surface area is 158 Å². The molecular formula is C18H26N6OS. The smallest absolute Gasteiger partial charge is 0.232 e. The average molecular weight is 375 g/mol. The summed E-state index contributed by atoms with van der Waals surface area (Å²) in [6.45, 7) is 6.14. The highest BCUT2D eigenvalue weighted by molar-refractivity contribution is 7.99. The van der Waals surface area contributed by atoms with Crippen LogP contribution in [0.1, 0.15) is 38.1 Å². The predicted octanol–water partition coefficient (Wildman–Crippen LogP) is 3.04. The molecule has 2 rings (SSSR count). The number of anilines is 3. The van der Waals surface area contributed by atoms with E-state index in [1.807, 2.05) is 38.1 Å². The van der Waals surface area contributed by atoms with Crippen LogP contribution in [0.15, 0.2) is 24.3 Å². The quantitative estimate of drug-likeness (QED) is 0.619. The van der Waals surface area contributed by atoms with Crippen molar-refractivity contribution >= 4 is 35.3 Å². The summed E-state index contributed by atoms with van der Waals surface area (Å²) >= 11 is 1.45. The zero-order valence-electron chi connectivity index (χ0n) is 15.5. The fourth-order valence-electron chi connectivity index (χ4n) is 2.38. The molecule has 8 heteroatoms. The molecule has 0 unspecified atom stereocenters. The van der Waals surface area contributed by atoms with Crippen LogP contribution in [-0.4, -0.2) is 32.7 Å². The van der Waals surface area contributed by atoms with E-state index in [-0.39, 0.29) is 17.9 Å². The third-order valence-electron chi connectivity index (χ3n) is 3.60. The van der Waals surface area contributed by atoms with Gasteiger partial charge in [-0.15, -0.1) is 11.8 Å². The van der Waals surface area contributed by atoms with Crippen LogP contribution in [0.2, 0.25) is 0 Å². The fourth-order valence-corrected chi connectivity index (χ4v) is 3.06. The highest BCUT2D eigenvalue weighted by Crippen LogP contribution is 2.16. The number of aryl methyl sites for hydroxylation is 1. The van der Waals surface area contributed by atoms with Gasteiger partial charge in [-0.1, -0.05) is 31.0 Å². The van der Waals surface area contributed by atoms with Crippen molar-refractivity contribution in [2.24, 2.45) is 0 Å². The summed E-state index contributed by atoms with van der Waals surface area (Å²) < 4.78 is 0. The minimum atomic E-state index is 0.0241. The molecule has 0 saturated heterocycles. The molecular weight excluding hydrogens is 348 g/mol. The first-order chi connectivity index (χ1) is 12.5. The molecule has 1 amide bonds. The van der Waals surface area contributed by atoms with Crippen molar-refractivity contribution in [1.29, 1.82) is 0 Å². The summed E-state index contributed by atoms with van der Waals surface area (Å²) in [5, 5.41) is 6.10. The number of thioether (sulfide) groups is 1. The van der Waals surface area contributed by atoms with Crippen LogP contribution in [0.25, 0.3) is 0 Å². The van der Waals surface area contributed by atoms with E-state index in [4.69, 9.17) is 5.73 Å². The van der Waals surface area contributed by atoms with Gasteiger partial charge in [0.15, 0.2) is 0 Å². The van der Waals surface area contributed by atoms with Crippen LogP contribution in [0.5, 0.6) is 0 Å². The van der Waals surface area contributed by atoms with Crippen molar-refractivity contribution in [1.82, 2.24) is 20.3 Å². The summed E-state index contributed by atoms with van der Waals surface area (Å²) in [5.74, 6) is 1.98. The number of amides is 1. The third kappa shape index (κ3) is 6.87. The Morgan fingerprint density at radius 2 is 1.96 bits per heavy atom. The minimum Gasteiger partial charge on any atom is -0.368 e. The number of nitrogens with zero attached hydrogens (tertiary/aromatic N) is 3. The van der Waals surface area contributed by atoms with Crippen LogP contribution < -0.4 is 16.4 Å². The lowest BCUT2D eigenvalue weighted by molar-refractivity contribution is -0.119. The molecule has 26 heavy (non-hydrogen) atoms. The first-order valence-electron chi connectivity index (χ1n) is 8.67. The number of nitrogens with two attached hydrogens (primary N) is 1. The van der Waals surface area contributed by atoms with E-state index in [1.54, 1.807) is 0 Å². The second-order valence-electron chi connectivity index (χ2n) is 6.17. The minimum absolute atomic E-state index is 0.0241. The highest BCUT2D eigenvalue weighted by atomic mass is 32.2. The number of hydrogen-bond acceptors (Lipinski definition) is 7. The predicted molar refractivity (Wildman–Crippen MR) is 107 cm³/mol. The van der Waals surface area contributed by atoms with Gasteiger partial charge in [0.25, 0.3) is 0 Å². The topological polar surface area (TPSA) is 106 Å². The number of carbonyl (C=O) groups is 1. The number of aromatic nitrogens is 3. The largest absolute Gasteiger partial charge is 0.368 e. The summed E-state index contributed by atoms with van der Waals surface area (Å²) in [6, 6.07) is 8.10. The zero-order chi connectivity index (χ0) is 18.9. The standard InChI is InChI=1S/C18H26N6OS/c1-4-5-13(3)20-16(25)11-26-10-15-22-17(19)24-18(23-15)21-14-8-6-12(2)7-9-14/h6-9,13H,4-5,10-11H2,1-3H3,(H,20,25)(H3,19,21,22,23,24)/t13-/m0/s1. The molecule has 0 aliphatic heterocycles. The number of nitrogens with one attached hydrogen (secondary N) is 2. The van der Waals surface area contributed by atoms with Crippen molar-refractivity contribution in [3.63, 3.8) is 0 Å². The molecule has 1 atom stereocenters. The van der Waals surface area contributed by atoms with E-state index < -0.39 is 0 Å². The van der Waals surface area contributed by atoms with Crippen LogP contribution in [0.3, 0.4) is 0 Å². The van der Waals surface area contributed by atoms with Crippen molar-refractivity contribution in [2.75, 3.05) is 16.8 Å². The van der Waals surface area contributed by atoms with Gasteiger partial charge in [-0.05, 0) is 32.4 Å². The van der Waals surface area contributed by atoms with Crippen molar-refractivity contribution < 1.29 is 4.79 Å². The Kier molecular flexibility index (Phi) is 7.65. The zero-order valence-corrected chi connectivity index (χ0v) is 16.3. The Balaban J connectivity index is 1.88. The van der Waals surface area contributed by atoms with Crippen molar-refractivity contribution in [3.8, 4) is 0 Å². The molecule has 0 aliphatic rings. The molecule has 0 fully saturated rings. The molecule has 1 aromatic heterocycles. The summed E-state index contributed by atoms with van der Waals surface area (Å²) in [5.41, 5.74) is 7.83. The van der Waals surface area contributed by atoms with Gasteiger partial charge in [-0.2, -0.15) is 15.0 Å². The van der Waals surface area contributed by atoms with E-state index in [9.17, 15) is 4.79 Å². The maximum atomic E-state index is 11.9. The Hall–Kier alpha value is -2.35. The van der Waals surface area contributed by atoms with Crippen LogP contribution in [-0.2, 0) is 10.5 Å². The molecule has 0 saturated carbocycles. The molecule has 0 bridgehead atoms. The number of rotatable bonds is 9. The van der Waals surface area contributed by atoms with Gasteiger partial charge >= 0.3 is 0 Å². The lowest BCUT2D eigenvalue weighted by Crippen LogP contribution is -2.33.